The van der Waals surface area contributed by atoms with E-state index in [0.29, 0.717) is 17.8 Å². The summed E-state index contributed by atoms with van der Waals surface area (Å²) in [4.78, 5) is 17.1. The highest BCUT2D eigenvalue weighted by molar-refractivity contribution is 5.99. The van der Waals surface area contributed by atoms with E-state index in [1.54, 1.807) is 30.4 Å². The molecule has 0 aliphatic heterocycles. The van der Waals surface area contributed by atoms with Gasteiger partial charge in [0.25, 0.3) is 5.91 Å². The van der Waals surface area contributed by atoms with Crippen molar-refractivity contribution in [3.8, 4) is 22.7 Å². The third kappa shape index (κ3) is 4.16. The summed E-state index contributed by atoms with van der Waals surface area (Å²) in [5.41, 5.74) is 3.74. The smallest absolute Gasteiger partial charge is 0.255 e. The average molecular weight is 384 g/mol. The Labute approximate surface area is 168 Å². The number of rotatable bonds is 6. The molecule has 0 bridgehead atoms. The van der Waals surface area contributed by atoms with Crippen LogP contribution in [0.4, 0.5) is 0 Å². The van der Waals surface area contributed by atoms with Crippen LogP contribution in [0.15, 0.2) is 85.3 Å². The van der Waals surface area contributed by atoms with Crippen molar-refractivity contribution in [1.29, 1.82) is 0 Å². The number of hydrogen-bond acceptors (Lipinski definition) is 4. The number of pyridine rings is 1. The molecule has 0 aliphatic rings. The van der Waals surface area contributed by atoms with Crippen LogP contribution in [0.3, 0.4) is 0 Å². The first-order chi connectivity index (χ1) is 14.2. The molecule has 2 heterocycles. The number of amides is 1. The molecule has 2 aromatic carbocycles. The quantitative estimate of drug-likeness (QED) is 0.548. The van der Waals surface area contributed by atoms with Gasteiger partial charge in [0.2, 0.25) is 0 Å². The molecule has 2 aromatic heterocycles. The first kappa shape index (κ1) is 18.4. The highest BCUT2D eigenvalue weighted by atomic mass is 16.5. The van der Waals surface area contributed by atoms with Crippen molar-refractivity contribution in [1.82, 2.24) is 20.1 Å². The van der Waals surface area contributed by atoms with Crippen LogP contribution in [0.25, 0.3) is 16.9 Å². The molecular weight excluding hydrogens is 364 g/mol. The fourth-order valence-electron chi connectivity index (χ4n) is 2.99. The van der Waals surface area contributed by atoms with E-state index in [2.05, 4.69) is 15.4 Å². The van der Waals surface area contributed by atoms with Gasteiger partial charge in [-0.05, 0) is 42.0 Å². The maximum absolute atomic E-state index is 13.0. The highest BCUT2D eigenvalue weighted by Gasteiger charge is 2.18. The standard InChI is InChI=1S/C23H20N4O2/c1-29-20-11-9-17(10-12-20)14-25-23(28)21-16-27(19-7-3-2-4-8-19)26-22(21)18-6-5-13-24-15-18/h2-13,15-16H,14H2,1H3,(H,25,28). The molecule has 0 radical (unpaired) electrons. The number of methoxy groups -OCH3 is 1. The van der Waals surface area contributed by atoms with Crippen LogP contribution in [0.1, 0.15) is 15.9 Å². The lowest BCUT2D eigenvalue weighted by molar-refractivity contribution is 0.0951. The average Bonchev–Trinajstić information content (AvgIpc) is 3.25. The molecule has 6 heteroatoms. The van der Waals surface area contributed by atoms with E-state index in [0.717, 1.165) is 22.6 Å². The van der Waals surface area contributed by atoms with Gasteiger partial charge >= 0.3 is 0 Å². The van der Waals surface area contributed by atoms with Gasteiger partial charge in [-0.3, -0.25) is 9.78 Å². The van der Waals surface area contributed by atoms with Crippen LogP contribution in [0.2, 0.25) is 0 Å². The molecule has 0 aliphatic carbocycles. The Morgan fingerprint density at radius 1 is 1.03 bits per heavy atom. The second-order valence-electron chi connectivity index (χ2n) is 6.44. The first-order valence-corrected chi connectivity index (χ1v) is 9.21. The normalized spacial score (nSPS) is 10.5. The number of para-hydroxylation sites is 1. The fraction of sp³-hybridized carbons (Fsp3) is 0.0870. The Kier molecular flexibility index (Phi) is 5.33. The second kappa shape index (κ2) is 8.39. The van der Waals surface area contributed by atoms with Crippen molar-refractivity contribution >= 4 is 5.91 Å². The molecule has 0 saturated heterocycles. The topological polar surface area (TPSA) is 69.0 Å². The van der Waals surface area contributed by atoms with Crippen molar-refractivity contribution in [3.63, 3.8) is 0 Å². The molecule has 4 aromatic rings. The summed E-state index contributed by atoms with van der Waals surface area (Å²) in [6.45, 7) is 0.409. The number of aromatic nitrogens is 3. The molecule has 144 valence electrons. The predicted octanol–water partition coefficient (Wildman–Crippen LogP) is 3.87. The molecule has 1 amide bonds. The molecule has 0 saturated carbocycles. The molecule has 6 nitrogen and oxygen atoms in total. The monoisotopic (exact) mass is 384 g/mol. The lowest BCUT2D eigenvalue weighted by atomic mass is 10.1. The summed E-state index contributed by atoms with van der Waals surface area (Å²) in [6.07, 6.45) is 5.15. The van der Waals surface area contributed by atoms with E-state index in [1.807, 2.05) is 66.7 Å². The van der Waals surface area contributed by atoms with Crippen molar-refractivity contribution in [3.05, 3.63) is 96.4 Å². The van der Waals surface area contributed by atoms with Gasteiger partial charge in [0.15, 0.2) is 0 Å². The van der Waals surface area contributed by atoms with Crippen LogP contribution < -0.4 is 10.1 Å². The van der Waals surface area contributed by atoms with Crippen LogP contribution in [0, 0.1) is 0 Å². The summed E-state index contributed by atoms with van der Waals surface area (Å²) in [7, 11) is 1.63. The largest absolute Gasteiger partial charge is 0.497 e. The molecule has 4 rings (SSSR count). The minimum atomic E-state index is -0.193. The number of nitrogens with zero attached hydrogens (tertiary/aromatic N) is 3. The lowest BCUT2D eigenvalue weighted by Crippen LogP contribution is -2.23. The first-order valence-electron chi connectivity index (χ1n) is 9.21. The van der Waals surface area contributed by atoms with Crippen LogP contribution >= 0.6 is 0 Å². The zero-order valence-electron chi connectivity index (χ0n) is 15.9. The van der Waals surface area contributed by atoms with Gasteiger partial charge in [-0.2, -0.15) is 5.10 Å². The van der Waals surface area contributed by atoms with Crippen LogP contribution in [0.5, 0.6) is 5.75 Å². The number of hydrogen-bond donors (Lipinski definition) is 1. The van der Waals surface area contributed by atoms with Gasteiger partial charge < -0.3 is 10.1 Å². The van der Waals surface area contributed by atoms with E-state index in [9.17, 15) is 4.79 Å². The number of carbonyl (C=O) groups excluding carboxylic acids is 1. The summed E-state index contributed by atoms with van der Waals surface area (Å²) in [6, 6.07) is 21.0. The van der Waals surface area contributed by atoms with E-state index in [1.165, 1.54) is 0 Å². The number of ether oxygens (including phenoxy) is 1. The van der Waals surface area contributed by atoms with Crippen molar-refractivity contribution in [2.75, 3.05) is 7.11 Å². The third-order valence-electron chi connectivity index (χ3n) is 4.53. The second-order valence-corrected chi connectivity index (χ2v) is 6.44. The lowest BCUT2D eigenvalue weighted by Gasteiger charge is -2.06. The number of benzene rings is 2. The van der Waals surface area contributed by atoms with Gasteiger partial charge in [0.1, 0.15) is 11.4 Å². The van der Waals surface area contributed by atoms with Gasteiger partial charge in [-0.25, -0.2) is 4.68 Å². The number of carbonyl (C=O) groups is 1. The molecular formula is C23H20N4O2. The molecule has 0 spiro atoms. The third-order valence-corrected chi connectivity index (χ3v) is 4.53. The van der Waals surface area contributed by atoms with Crippen LogP contribution in [-0.4, -0.2) is 27.8 Å². The predicted molar refractivity (Wildman–Crippen MR) is 111 cm³/mol. The molecule has 1 N–H and O–H groups in total. The Bertz CT molecular complexity index is 1090. The minimum absolute atomic E-state index is 0.193. The molecule has 29 heavy (non-hydrogen) atoms. The fourth-order valence-corrected chi connectivity index (χ4v) is 2.99. The maximum atomic E-state index is 13.0. The van der Waals surface area contributed by atoms with Crippen molar-refractivity contribution < 1.29 is 9.53 Å². The summed E-state index contributed by atoms with van der Waals surface area (Å²) in [5.74, 6) is 0.588. The number of nitrogens with one attached hydrogen (secondary N) is 1. The SMILES string of the molecule is COc1ccc(CNC(=O)c2cn(-c3ccccc3)nc2-c2cccnc2)cc1. The summed E-state index contributed by atoms with van der Waals surface area (Å²) in [5, 5.41) is 7.62. The van der Waals surface area contributed by atoms with Crippen LogP contribution in [-0.2, 0) is 6.54 Å². The Morgan fingerprint density at radius 3 is 2.52 bits per heavy atom. The molecule has 0 atom stereocenters. The zero-order valence-corrected chi connectivity index (χ0v) is 15.9. The Balaban J connectivity index is 1.62. The van der Waals surface area contributed by atoms with Gasteiger partial charge in [0.05, 0.1) is 18.4 Å². The molecule has 0 unspecified atom stereocenters. The van der Waals surface area contributed by atoms with E-state index in [-0.39, 0.29) is 5.91 Å². The van der Waals surface area contributed by atoms with E-state index in [4.69, 9.17) is 4.74 Å². The summed E-state index contributed by atoms with van der Waals surface area (Å²) >= 11 is 0. The Morgan fingerprint density at radius 2 is 1.83 bits per heavy atom. The maximum Gasteiger partial charge on any atom is 0.255 e. The zero-order chi connectivity index (χ0) is 20.1. The van der Waals surface area contributed by atoms with Gasteiger partial charge in [-0.15, -0.1) is 0 Å². The highest BCUT2D eigenvalue weighted by Crippen LogP contribution is 2.23. The van der Waals surface area contributed by atoms with E-state index >= 15 is 0 Å². The van der Waals surface area contributed by atoms with Gasteiger partial charge in [0, 0.05) is 30.7 Å². The van der Waals surface area contributed by atoms with E-state index < -0.39 is 0 Å². The Hall–Kier alpha value is -3.93. The minimum Gasteiger partial charge on any atom is -0.497 e. The van der Waals surface area contributed by atoms with Crippen molar-refractivity contribution in [2.24, 2.45) is 0 Å². The molecule has 0 fully saturated rings. The van der Waals surface area contributed by atoms with Crippen molar-refractivity contribution in [2.45, 2.75) is 6.54 Å². The van der Waals surface area contributed by atoms with Gasteiger partial charge in [-0.1, -0.05) is 30.3 Å². The summed E-state index contributed by atoms with van der Waals surface area (Å²) < 4.78 is 6.88.